The molecule has 2 aliphatic rings. The zero-order chi connectivity index (χ0) is 12.5. The summed E-state index contributed by atoms with van der Waals surface area (Å²) in [7, 11) is 0. The zero-order valence-electron chi connectivity index (χ0n) is 10.5. The molecule has 18 heavy (non-hydrogen) atoms. The maximum atomic E-state index is 6.11. The van der Waals surface area contributed by atoms with Gasteiger partial charge in [-0.3, -0.25) is 0 Å². The molecular weight excluding hydrogens is 266 g/mol. The normalized spacial score (nSPS) is 30.3. The van der Waals surface area contributed by atoms with Crippen molar-refractivity contribution in [2.24, 2.45) is 11.7 Å². The molecule has 0 bridgehead atoms. The summed E-state index contributed by atoms with van der Waals surface area (Å²) in [6, 6.07) is -0.0738. The molecule has 100 valence electrons. The van der Waals surface area contributed by atoms with Gasteiger partial charge in [0.1, 0.15) is 0 Å². The molecule has 0 radical (unpaired) electrons. The van der Waals surface area contributed by atoms with Crippen LogP contribution in [0.25, 0.3) is 0 Å². The fraction of sp³-hybridized carbons (Fsp3) is 0.833. The summed E-state index contributed by atoms with van der Waals surface area (Å²) in [4.78, 5) is 4.53. The molecule has 3 atom stereocenters. The first-order chi connectivity index (χ1) is 8.74. The van der Waals surface area contributed by atoms with Gasteiger partial charge in [-0.05, 0) is 12.3 Å². The number of hydrogen-bond donors (Lipinski definition) is 1. The second-order valence-corrected chi connectivity index (χ2v) is 7.88. The Balaban J connectivity index is 1.67. The third-order valence-corrected chi connectivity index (χ3v) is 6.59. The van der Waals surface area contributed by atoms with E-state index in [2.05, 4.69) is 17.1 Å². The lowest BCUT2D eigenvalue weighted by Gasteiger charge is -2.24. The second kappa shape index (κ2) is 5.43. The van der Waals surface area contributed by atoms with E-state index in [0.717, 1.165) is 23.9 Å². The smallest absolute Gasteiger partial charge is 0.243 e. The molecule has 1 saturated heterocycles. The van der Waals surface area contributed by atoms with E-state index in [0.29, 0.717) is 16.4 Å². The van der Waals surface area contributed by atoms with Gasteiger partial charge in [-0.2, -0.15) is 16.7 Å². The molecule has 6 heteroatoms. The molecule has 1 saturated carbocycles. The molecule has 1 aliphatic heterocycles. The van der Waals surface area contributed by atoms with Crippen LogP contribution in [0.3, 0.4) is 0 Å². The molecule has 4 nitrogen and oxygen atoms in total. The molecule has 0 amide bonds. The van der Waals surface area contributed by atoms with Gasteiger partial charge >= 0.3 is 0 Å². The van der Waals surface area contributed by atoms with Gasteiger partial charge in [-0.1, -0.05) is 24.9 Å². The molecule has 1 aromatic heterocycles. The topological polar surface area (TPSA) is 64.9 Å². The lowest BCUT2D eigenvalue weighted by atomic mass is 10.1. The first-order valence-corrected chi connectivity index (χ1v) is 8.66. The summed E-state index contributed by atoms with van der Waals surface area (Å²) in [6.07, 6.45) is 3.60. The number of aromatic nitrogens is 2. The average Bonchev–Trinajstić information content (AvgIpc) is 3.04. The van der Waals surface area contributed by atoms with E-state index in [4.69, 9.17) is 10.3 Å². The maximum Gasteiger partial charge on any atom is 0.243 e. The number of rotatable bonds is 4. The monoisotopic (exact) mass is 285 g/mol. The van der Waals surface area contributed by atoms with Crippen LogP contribution in [-0.4, -0.2) is 26.9 Å². The van der Waals surface area contributed by atoms with Crippen LogP contribution in [0, 0.1) is 5.92 Å². The fourth-order valence-electron chi connectivity index (χ4n) is 2.24. The highest BCUT2D eigenvalue weighted by molar-refractivity contribution is 8.06. The van der Waals surface area contributed by atoms with E-state index < -0.39 is 0 Å². The Morgan fingerprint density at radius 2 is 2.17 bits per heavy atom. The van der Waals surface area contributed by atoms with Crippen molar-refractivity contribution in [3.63, 3.8) is 0 Å². The summed E-state index contributed by atoms with van der Waals surface area (Å²) in [5.74, 6) is 4.63. The number of thioether (sulfide) groups is 2. The molecular formula is C12H19N3OS2. The summed E-state index contributed by atoms with van der Waals surface area (Å²) in [5.41, 5.74) is 6.11. The van der Waals surface area contributed by atoms with Crippen molar-refractivity contribution < 1.29 is 4.52 Å². The minimum absolute atomic E-state index is 0.0738. The lowest BCUT2D eigenvalue weighted by Crippen LogP contribution is -2.17. The van der Waals surface area contributed by atoms with Crippen LogP contribution in [0.4, 0.5) is 0 Å². The highest BCUT2D eigenvalue weighted by Gasteiger charge is 2.31. The molecule has 0 aromatic carbocycles. The van der Waals surface area contributed by atoms with E-state index in [1.54, 1.807) is 0 Å². The molecule has 2 heterocycles. The van der Waals surface area contributed by atoms with Crippen molar-refractivity contribution in [2.75, 3.05) is 11.5 Å². The van der Waals surface area contributed by atoms with Crippen molar-refractivity contribution in [3.05, 3.63) is 11.7 Å². The highest BCUT2D eigenvalue weighted by Crippen LogP contribution is 2.42. The van der Waals surface area contributed by atoms with Gasteiger partial charge < -0.3 is 10.3 Å². The Hall–Kier alpha value is -0.200. The quantitative estimate of drug-likeness (QED) is 0.917. The third-order valence-electron chi connectivity index (χ3n) is 3.50. The maximum absolute atomic E-state index is 6.11. The minimum atomic E-state index is -0.0738. The van der Waals surface area contributed by atoms with Crippen molar-refractivity contribution in [1.82, 2.24) is 10.1 Å². The molecule has 3 rings (SSSR count). The summed E-state index contributed by atoms with van der Waals surface area (Å²) >= 11 is 3.91. The Morgan fingerprint density at radius 1 is 1.39 bits per heavy atom. The van der Waals surface area contributed by atoms with Gasteiger partial charge in [-0.25, -0.2) is 0 Å². The fourth-order valence-corrected chi connectivity index (χ4v) is 4.92. The van der Waals surface area contributed by atoms with Crippen LogP contribution in [0.2, 0.25) is 0 Å². The Labute approximate surface area is 116 Å². The van der Waals surface area contributed by atoms with Crippen molar-refractivity contribution in [1.29, 1.82) is 0 Å². The summed E-state index contributed by atoms with van der Waals surface area (Å²) in [6.45, 7) is 2.24. The van der Waals surface area contributed by atoms with Gasteiger partial charge in [0.2, 0.25) is 5.89 Å². The first-order valence-electron chi connectivity index (χ1n) is 6.56. The van der Waals surface area contributed by atoms with E-state index in [9.17, 15) is 0 Å². The van der Waals surface area contributed by atoms with E-state index in [-0.39, 0.29) is 6.04 Å². The zero-order valence-corrected chi connectivity index (χ0v) is 12.2. The highest BCUT2D eigenvalue weighted by atomic mass is 32.2. The van der Waals surface area contributed by atoms with Crippen LogP contribution >= 0.6 is 23.5 Å². The Kier molecular flexibility index (Phi) is 3.86. The van der Waals surface area contributed by atoms with Gasteiger partial charge in [-0.15, -0.1) is 11.8 Å². The second-order valence-electron chi connectivity index (χ2n) is 5.14. The Bertz CT molecular complexity index is 408. The molecule has 2 fully saturated rings. The van der Waals surface area contributed by atoms with Gasteiger partial charge in [0.25, 0.3) is 0 Å². The molecule has 1 aliphatic carbocycles. The van der Waals surface area contributed by atoms with Crippen molar-refractivity contribution in [2.45, 2.75) is 42.7 Å². The minimum Gasteiger partial charge on any atom is -0.338 e. The molecule has 1 aromatic rings. The van der Waals surface area contributed by atoms with Crippen LogP contribution in [0.15, 0.2) is 4.52 Å². The third kappa shape index (κ3) is 2.86. The number of nitrogens with two attached hydrogens (primary N) is 1. The standard InChI is InChI=1S/C12H19N3OS2/c1-7-10(18-5-4-17-7)11-14-12(16-15-11)9(13)6-8-2-3-8/h7-10H,2-6,13H2,1H3/t7?,9-,10?/m0/s1. The number of nitrogens with zero attached hydrogens (tertiary/aromatic N) is 2. The van der Waals surface area contributed by atoms with E-state index in [1.165, 1.54) is 18.6 Å². The van der Waals surface area contributed by atoms with E-state index in [1.807, 2.05) is 23.5 Å². The van der Waals surface area contributed by atoms with Crippen molar-refractivity contribution >= 4 is 23.5 Å². The van der Waals surface area contributed by atoms with E-state index >= 15 is 0 Å². The molecule has 0 spiro atoms. The molecule has 2 N–H and O–H groups in total. The largest absolute Gasteiger partial charge is 0.338 e. The van der Waals surface area contributed by atoms with Crippen LogP contribution in [0.5, 0.6) is 0 Å². The van der Waals surface area contributed by atoms with Gasteiger partial charge in [0.15, 0.2) is 5.82 Å². The predicted molar refractivity (Wildman–Crippen MR) is 75.7 cm³/mol. The predicted octanol–water partition coefficient (Wildman–Crippen LogP) is 2.78. The van der Waals surface area contributed by atoms with Crippen LogP contribution < -0.4 is 5.73 Å². The summed E-state index contributed by atoms with van der Waals surface area (Å²) < 4.78 is 5.35. The SMILES string of the molecule is CC1SCCSC1c1noc([C@@H](N)CC2CC2)n1. The van der Waals surface area contributed by atoms with Crippen molar-refractivity contribution in [3.8, 4) is 0 Å². The molecule has 2 unspecified atom stereocenters. The first kappa shape index (κ1) is 12.8. The van der Waals surface area contributed by atoms with Gasteiger partial charge in [0.05, 0.1) is 11.3 Å². The van der Waals surface area contributed by atoms with Gasteiger partial charge in [0, 0.05) is 16.8 Å². The summed E-state index contributed by atoms with van der Waals surface area (Å²) in [5, 5.41) is 5.04. The van der Waals surface area contributed by atoms with Crippen LogP contribution in [0.1, 0.15) is 49.2 Å². The van der Waals surface area contributed by atoms with Crippen LogP contribution in [-0.2, 0) is 0 Å². The average molecular weight is 285 g/mol. The lowest BCUT2D eigenvalue weighted by molar-refractivity contribution is 0.340. The number of hydrogen-bond acceptors (Lipinski definition) is 6. The Morgan fingerprint density at radius 3 is 2.89 bits per heavy atom.